The summed E-state index contributed by atoms with van der Waals surface area (Å²) >= 11 is 3.04. The summed E-state index contributed by atoms with van der Waals surface area (Å²) in [7, 11) is 3.71. The zero-order valence-electron chi connectivity index (χ0n) is 14.0. The minimum atomic E-state index is -0.698. The Morgan fingerprint density at radius 3 is 2.71 bits per heavy atom. The van der Waals surface area contributed by atoms with Gasteiger partial charge in [0.1, 0.15) is 5.54 Å². The molecule has 1 aromatic rings. The van der Waals surface area contributed by atoms with Gasteiger partial charge in [0.15, 0.2) is 4.34 Å². The molecule has 2 aliphatic heterocycles. The molecule has 1 N–H and O–H groups in total. The third kappa shape index (κ3) is 3.41. The Hall–Kier alpha value is -1.61. The van der Waals surface area contributed by atoms with Crippen molar-refractivity contribution in [2.45, 2.75) is 29.6 Å². The Balaban J connectivity index is 1.55. The molecule has 0 radical (unpaired) electrons. The molecule has 1 aromatic heterocycles. The number of thioether (sulfide) groups is 1. The van der Waals surface area contributed by atoms with E-state index < -0.39 is 5.54 Å². The van der Waals surface area contributed by atoms with Crippen molar-refractivity contribution >= 4 is 40.9 Å². The molecule has 0 aromatic carbocycles. The number of hydrogen-bond donors (Lipinski definition) is 1. The van der Waals surface area contributed by atoms with Crippen molar-refractivity contribution < 1.29 is 9.59 Å². The number of rotatable bonds is 3. The maximum Gasteiger partial charge on any atom is 0.254 e. The van der Waals surface area contributed by atoms with Crippen molar-refractivity contribution in [1.82, 2.24) is 20.1 Å². The summed E-state index contributed by atoms with van der Waals surface area (Å²) in [6, 6.07) is 0. The van der Waals surface area contributed by atoms with Gasteiger partial charge in [-0.15, -0.1) is 11.3 Å². The molecule has 1 spiro atoms. The van der Waals surface area contributed by atoms with Gasteiger partial charge in [-0.05, 0) is 19.8 Å². The number of aliphatic imine (C=N–C) groups is 1. The Morgan fingerprint density at radius 2 is 2.17 bits per heavy atom. The summed E-state index contributed by atoms with van der Waals surface area (Å²) in [6.07, 6.45) is 1.14. The first-order valence-electron chi connectivity index (χ1n) is 7.81. The average Bonchev–Trinajstić information content (AvgIpc) is 3.10. The van der Waals surface area contributed by atoms with Gasteiger partial charge in [0.05, 0.1) is 5.75 Å². The number of likely N-dealkylation sites (tertiary alicyclic amines) is 1. The number of aromatic nitrogens is 1. The van der Waals surface area contributed by atoms with Gasteiger partial charge in [0, 0.05) is 38.3 Å². The van der Waals surface area contributed by atoms with E-state index in [9.17, 15) is 9.59 Å². The lowest BCUT2D eigenvalue weighted by molar-refractivity contribution is -0.133. The monoisotopic (exact) mass is 367 g/mol. The maximum atomic E-state index is 12.4. The molecular weight excluding hydrogens is 346 g/mol. The number of nitrogens with one attached hydrogen (secondary N) is 1. The number of amides is 2. The molecule has 130 valence electrons. The Bertz CT molecular complexity index is 677. The molecule has 2 amide bonds. The molecule has 7 nitrogen and oxygen atoms in total. The number of nitrogens with zero attached hydrogens (tertiary/aromatic N) is 4. The highest BCUT2D eigenvalue weighted by Crippen LogP contribution is 2.31. The third-order valence-electron chi connectivity index (χ3n) is 4.25. The van der Waals surface area contributed by atoms with Crippen molar-refractivity contribution in [3.8, 4) is 0 Å². The SMILES string of the molecule is Cc1csc(SCC(=O)N2CCC3(CC2)N=C(N(C)C)NC3=O)n1. The van der Waals surface area contributed by atoms with Crippen LogP contribution in [0.25, 0.3) is 0 Å². The van der Waals surface area contributed by atoms with Gasteiger partial charge in [-0.25, -0.2) is 9.98 Å². The molecule has 0 atom stereocenters. The van der Waals surface area contributed by atoms with Crippen molar-refractivity contribution in [2.24, 2.45) is 4.99 Å². The highest BCUT2D eigenvalue weighted by atomic mass is 32.2. The number of carbonyl (C=O) groups is 2. The number of thiazole rings is 1. The fourth-order valence-corrected chi connectivity index (χ4v) is 4.54. The molecule has 2 aliphatic rings. The van der Waals surface area contributed by atoms with E-state index in [1.807, 2.05) is 31.3 Å². The van der Waals surface area contributed by atoms with Gasteiger partial charge < -0.3 is 9.80 Å². The normalized spacial score (nSPS) is 19.4. The third-order valence-corrected chi connectivity index (χ3v) is 6.38. The first-order valence-corrected chi connectivity index (χ1v) is 9.67. The van der Waals surface area contributed by atoms with Gasteiger partial charge in [-0.2, -0.15) is 0 Å². The highest BCUT2D eigenvalue weighted by molar-refractivity contribution is 8.01. The van der Waals surface area contributed by atoms with Gasteiger partial charge in [-0.3, -0.25) is 14.9 Å². The van der Waals surface area contributed by atoms with Crippen LogP contribution >= 0.6 is 23.1 Å². The zero-order valence-corrected chi connectivity index (χ0v) is 15.7. The smallest absolute Gasteiger partial charge is 0.254 e. The van der Waals surface area contributed by atoms with Crippen LogP contribution in [-0.4, -0.2) is 71.0 Å². The molecule has 0 unspecified atom stereocenters. The van der Waals surface area contributed by atoms with Crippen LogP contribution in [0.2, 0.25) is 0 Å². The van der Waals surface area contributed by atoms with Gasteiger partial charge >= 0.3 is 0 Å². The van der Waals surface area contributed by atoms with E-state index in [1.54, 1.807) is 16.2 Å². The number of guanidine groups is 1. The second kappa shape index (κ2) is 6.72. The predicted molar refractivity (Wildman–Crippen MR) is 95.4 cm³/mol. The fourth-order valence-electron chi connectivity index (χ4n) is 2.79. The summed E-state index contributed by atoms with van der Waals surface area (Å²) in [6.45, 7) is 3.07. The summed E-state index contributed by atoms with van der Waals surface area (Å²) in [5.41, 5.74) is 0.285. The molecule has 3 rings (SSSR count). The zero-order chi connectivity index (χ0) is 17.3. The van der Waals surface area contributed by atoms with E-state index in [-0.39, 0.29) is 11.8 Å². The molecule has 1 fully saturated rings. The Kier molecular flexibility index (Phi) is 4.82. The molecule has 9 heteroatoms. The topological polar surface area (TPSA) is 77.9 Å². The molecule has 0 saturated carbocycles. The summed E-state index contributed by atoms with van der Waals surface area (Å²) in [4.78, 5) is 37.2. The van der Waals surface area contributed by atoms with Crippen molar-refractivity contribution in [3.63, 3.8) is 0 Å². The van der Waals surface area contributed by atoms with E-state index in [1.165, 1.54) is 11.8 Å². The molecular formula is C15H21N5O2S2. The molecule has 3 heterocycles. The molecule has 0 aliphatic carbocycles. The number of carbonyl (C=O) groups excluding carboxylic acids is 2. The first kappa shape index (κ1) is 17.2. The quantitative estimate of drug-likeness (QED) is 0.805. The van der Waals surface area contributed by atoms with Crippen molar-refractivity contribution in [1.29, 1.82) is 0 Å². The summed E-state index contributed by atoms with van der Waals surface area (Å²) in [5.74, 6) is 1.04. The van der Waals surface area contributed by atoms with Crippen LogP contribution in [0.1, 0.15) is 18.5 Å². The maximum absolute atomic E-state index is 12.4. The van der Waals surface area contributed by atoms with Crippen LogP contribution in [0.3, 0.4) is 0 Å². The van der Waals surface area contributed by atoms with Crippen molar-refractivity contribution in [2.75, 3.05) is 32.9 Å². The fraction of sp³-hybridized carbons (Fsp3) is 0.600. The van der Waals surface area contributed by atoms with Crippen LogP contribution in [0, 0.1) is 6.92 Å². The van der Waals surface area contributed by atoms with E-state index in [0.717, 1.165) is 10.0 Å². The lowest BCUT2D eigenvalue weighted by Gasteiger charge is -2.35. The largest absolute Gasteiger partial charge is 0.349 e. The minimum absolute atomic E-state index is 0.0501. The second-order valence-corrected chi connectivity index (χ2v) is 8.32. The van der Waals surface area contributed by atoms with E-state index in [2.05, 4.69) is 15.3 Å². The predicted octanol–water partition coefficient (Wildman–Crippen LogP) is 0.952. The van der Waals surface area contributed by atoms with E-state index in [4.69, 9.17) is 0 Å². The Morgan fingerprint density at radius 1 is 1.46 bits per heavy atom. The summed E-state index contributed by atoms with van der Waals surface area (Å²) in [5, 5.41) is 4.81. The number of aryl methyl sites for hydroxylation is 1. The number of hydrogen-bond acceptors (Lipinski definition) is 7. The van der Waals surface area contributed by atoms with Gasteiger partial charge in [0.2, 0.25) is 11.9 Å². The molecule has 1 saturated heterocycles. The van der Waals surface area contributed by atoms with Gasteiger partial charge in [-0.1, -0.05) is 11.8 Å². The lowest BCUT2D eigenvalue weighted by Crippen LogP contribution is -2.51. The van der Waals surface area contributed by atoms with Gasteiger partial charge in [0.25, 0.3) is 5.91 Å². The van der Waals surface area contributed by atoms with Crippen LogP contribution < -0.4 is 5.32 Å². The average molecular weight is 368 g/mol. The lowest BCUT2D eigenvalue weighted by atomic mass is 9.88. The molecule has 0 bridgehead atoms. The van der Waals surface area contributed by atoms with Crippen LogP contribution in [0.4, 0.5) is 0 Å². The van der Waals surface area contributed by atoms with Crippen LogP contribution in [0.5, 0.6) is 0 Å². The second-order valence-electron chi connectivity index (χ2n) is 6.24. The number of piperidine rings is 1. The summed E-state index contributed by atoms with van der Waals surface area (Å²) < 4.78 is 0.921. The van der Waals surface area contributed by atoms with E-state index in [0.29, 0.717) is 37.6 Å². The standard InChI is InChI=1S/C15H21N5O2S2/c1-10-8-23-14(16-10)24-9-11(21)20-6-4-15(5-7-20)12(22)17-13(18-15)19(2)3/h8H,4-7,9H2,1-3H3,(H,17,18,22). The van der Waals surface area contributed by atoms with Crippen molar-refractivity contribution in [3.05, 3.63) is 11.1 Å². The van der Waals surface area contributed by atoms with Crippen LogP contribution in [-0.2, 0) is 9.59 Å². The minimum Gasteiger partial charge on any atom is -0.349 e. The highest BCUT2D eigenvalue weighted by Gasteiger charge is 2.46. The first-order chi connectivity index (χ1) is 11.4. The molecule has 24 heavy (non-hydrogen) atoms. The van der Waals surface area contributed by atoms with E-state index >= 15 is 0 Å². The van der Waals surface area contributed by atoms with Crippen LogP contribution in [0.15, 0.2) is 14.7 Å². The Labute approximate surface area is 149 Å².